The maximum atomic E-state index is 14.3. The molecule has 3 aromatic rings. The average molecular weight is 717 g/mol. The minimum Gasteiger partial charge on any atom is -0.507 e. The van der Waals surface area contributed by atoms with Crippen molar-refractivity contribution >= 4 is 57.2 Å². The first-order valence-electron chi connectivity index (χ1n) is 14.6. The van der Waals surface area contributed by atoms with Crippen LogP contribution in [0, 0.1) is 0 Å². The van der Waals surface area contributed by atoms with Crippen molar-refractivity contribution in [3.8, 4) is 5.75 Å². The number of carboxylic acids is 1. The van der Waals surface area contributed by atoms with Gasteiger partial charge in [-0.1, -0.05) is 55.9 Å². The van der Waals surface area contributed by atoms with E-state index in [4.69, 9.17) is 5.73 Å². The molecule has 19 heteroatoms. The van der Waals surface area contributed by atoms with E-state index >= 15 is 0 Å². The van der Waals surface area contributed by atoms with E-state index in [1.165, 1.54) is 16.4 Å². The topological polar surface area (TPSA) is 222 Å². The Morgan fingerprint density at radius 2 is 1.83 bits per heavy atom. The third-order valence-corrected chi connectivity index (χ3v) is 12.3. The van der Waals surface area contributed by atoms with Gasteiger partial charge < -0.3 is 15.9 Å². The summed E-state index contributed by atoms with van der Waals surface area (Å²) < 4.78 is 29.2. The molecule has 5 rings (SSSR count). The van der Waals surface area contributed by atoms with E-state index in [2.05, 4.69) is 15.5 Å². The number of β-lactam (4-membered cyclic amide) rings is 1. The van der Waals surface area contributed by atoms with Crippen molar-refractivity contribution in [2.45, 2.75) is 41.4 Å². The largest absolute Gasteiger partial charge is 0.507 e. The van der Waals surface area contributed by atoms with Gasteiger partial charge in [-0.2, -0.15) is 4.31 Å². The van der Waals surface area contributed by atoms with Gasteiger partial charge in [0.1, 0.15) is 28.9 Å². The second-order valence-electron chi connectivity index (χ2n) is 10.7. The lowest BCUT2D eigenvalue weighted by molar-refractivity contribution is -0.157. The normalized spacial score (nSPS) is 18.4. The highest BCUT2D eigenvalue weighted by Gasteiger charge is 2.59. The fourth-order valence-corrected chi connectivity index (χ4v) is 9.24. The van der Waals surface area contributed by atoms with E-state index in [1.807, 2.05) is 0 Å². The number of phenolic OH excluding ortho intramolecular Hbond substituents is 1. The summed E-state index contributed by atoms with van der Waals surface area (Å²) in [5.41, 5.74) is 6.22. The van der Waals surface area contributed by atoms with Gasteiger partial charge in [0, 0.05) is 31.6 Å². The van der Waals surface area contributed by atoms with Crippen LogP contribution in [0.4, 0.5) is 0 Å². The number of aromatic nitrogens is 4. The van der Waals surface area contributed by atoms with Crippen LogP contribution in [0.5, 0.6) is 5.75 Å². The van der Waals surface area contributed by atoms with Crippen molar-refractivity contribution in [1.29, 1.82) is 0 Å². The van der Waals surface area contributed by atoms with Crippen LogP contribution in [0.15, 0.2) is 69.9 Å². The predicted molar refractivity (Wildman–Crippen MR) is 174 cm³/mol. The number of phenols is 1. The Bertz CT molecular complexity index is 1900. The van der Waals surface area contributed by atoms with Gasteiger partial charge in [0.2, 0.25) is 15.2 Å². The number of sulfonamides is 1. The number of carboxylic acid groups (broad SMARTS) is 1. The quantitative estimate of drug-likeness (QED) is 0.176. The molecule has 4 N–H and O–H groups in total. The van der Waals surface area contributed by atoms with E-state index in [-0.39, 0.29) is 35.2 Å². The fourth-order valence-electron chi connectivity index (χ4n) is 5.38. The zero-order valence-corrected chi connectivity index (χ0v) is 28.4. The average Bonchev–Trinajstić information content (AvgIpc) is 3.49. The lowest BCUT2D eigenvalue weighted by Crippen LogP contribution is -2.72. The van der Waals surface area contributed by atoms with Gasteiger partial charge >= 0.3 is 5.97 Å². The number of rotatable bonds is 12. The fraction of sp³-hybridized carbons (Fsp3) is 0.345. The predicted octanol–water partition coefficient (Wildman–Crippen LogP) is 1.03. The van der Waals surface area contributed by atoms with Gasteiger partial charge in [0.15, 0.2) is 0 Å². The molecule has 1 unspecified atom stereocenters. The maximum Gasteiger partial charge on any atom is 0.352 e. The van der Waals surface area contributed by atoms with Crippen LogP contribution < -0.4 is 5.73 Å². The summed E-state index contributed by atoms with van der Waals surface area (Å²) in [6.45, 7) is 3.57. The van der Waals surface area contributed by atoms with Crippen LogP contribution in [-0.2, 0) is 31.5 Å². The summed E-state index contributed by atoms with van der Waals surface area (Å²) >= 11 is 2.32. The molecule has 0 saturated carbocycles. The number of tetrazole rings is 1. The summed E-state index contributed by atoms with van der Waals surface area (Å²) in [7, 11) is -2.47. The lowest BCUT2D eigenvalue weighted by Gasteiger charge is -2.52. The van der Waals surface area contributed by atoms with Crippen molar-refractivity contribution < 1.29 is 37.8 Å². The Hall–Kier alpha value is -4.30. The van der Waals surface area contributed by atoms with E-state index in [0.717, 1.165) is 39.2 Å². The molecule has 2 aliphatic heterocycles. The summed E-state index contributed by atoms with van der Waals surface area (Å²) in [6.07, 6.45) is 0. The smallest absolute Gasteiger partial charge is 0.352 e. The first kappa shape index (κ1) is 35.0. The number of fused-ring (bicyclic) bond motifs is 1. The number of aryl methyl sites for hydroxylation is 1. The summed E-state index contributed by atoms with van der Waals surface area (Å²) in [4.78, 5) is 56.1. The molecular formula is C29H32N8O8S3. The SMILES string of the molecule is CCN(CC)S(=O)(=O)c1ccc(O)c(C(=O)N(C(=O)[C@H](N)c2ccccc2)C2C(=O)N3C(C(=O)O)=C(CSc4nnnn4C)CS[C@H]23)c1. The number of hydrogen-bond donors (Lipinski definition) is 3. The Morgan fingerprint density at radius 1 is 1.15 bits per heavy atom. The summed E-state index contributed by atoms with van der Waals surface area (Å²) in [5.74, 6) is -4.76. The molecule has 1 aromatic heterocycles. The number of nitrogens with zero attached hydrogens (tertiary/aromatic N) is 7. The van der Waals surface area contributed by atoms with Gasteiger partial charge in [-0.25, -0.2) is 17.9 Å². The second-order valence-corrected chi connectivity index (χ2v) is 14.6. The van der Waals surface area contributed by atoms with E-state index in [9.17, 15) is 37.8 Å². The van der Waals surface area contributed by atoms with Gasteiger partial charge in [0.25, 0.3) is 17.7 Å². The highest BCUT2D eigenvalue weighted by molar-refractivity contribution is 8.01. The maximum absolute atomic E-state index is 14.3. The molecule has 0 bridgehead atoms. The third-order valence-electron chi connectivity index (χ3n) is 7.88. The number of amides is 3. The highest BCUT2D eigenvalue weighted by atomic mass is 32.2. The first-order valence-corrected chi connectivity index (χ1v) is 18.1. The number of carbonyl (C=O) groups is 4. The van der Waals surface area contributed by atoms with Gasteiger partial charge in [-0.15, -0.1) is 16.9 Å². The van der Waals surface area contributed by atoms with Crippen LogP contribution in [0.1, 0.15) is 35.8 Å². The second kappa shape index (κ2) is 14.0. The Morgan fingerprint density at radius 3 is 2.44 bits per heavy atom. The van der Waals surface area contributed by atoms with Gasteiger partial charge in [-0.3, -0.25) is 24.2 Å². The van der Waals surface area contributed by atoms with Gasteiger partial charge in [0.05, 0.1) is 10.5 Å². The zero-order chi connectivity index (χ0) is 34.9. The van der Waals surface area contributed by atoms with E-state index in [0.29, 0.717) is 21.2 Å². The molecule has 1 saturated heterocycles. The van der Waals surface area contributed by atoms with Crippen LogP contribution >= 0.6 is 23.5 Å². The number of carbonyl (C=O) groups excluding carboxylic acids is 3. The number of thioether (sulfide) groups is 2. The molecule has 3 amide bonds. The highest BCUT2D eigenvalue weighted by Crippen LogP contribution is 2.44. The lowest BCUT2D eigenvalue weighted by atomic mass is 9.97. The van der Waals surface area contributed by atoms with Crippen LogP contribution in [0.3, 0.4) is 0 Å². The van der Waals surface area contributed by atoms with Crippen LogP contribution in [-0.4, -0.2) is 113 Å². The molecule has 16 nitrogen and oxygen atoms in total. The number of imide groups is 1. The van der Waals surface area contributed by atoms with Gasteiger partial charge in [-0.05, 0) is 39.8 Å². The van der Waals surface area contributed by atoms with Crippen LogP contribution in [0.2, 0.25) is 0 Å². The summed E-state index contributed by atoms with van der Waals surface area (Å²) in [6, 6.07) is 8.25. The molecule has 254 valence electrons. The monoisotopic (exact) mass is 716 g/mol. The molecule has 2 aromatic carbocycles. The van der Waals surface area contributed by atoms with Crippen molar-refractivity contribution in [1.82, 2.24) is 34.3 Å². The van der Waals surface area contributed by atoms with Crippen molar-refractivity contribution in [2.75, 3.05) is 24.6 Å². The number of aliphatic carboxylic acids is 1. The first-order chi connectivity index (χ1) is 22.8. The van der Waals surface area contributed by atoms with Crippen molar-refractivity contribution in [2.24, 2.45) is 12.8 Å². The number of nitrogens with two attached hydrogens (primary N) is 1. The molecule has 48 heavy (non-hydrogen) atoms. The zero-order valence-electron chi connectivity index (χ0n) is 26.0. The standard InChI is InChI=1S/C29H32N8O8S3/c1-4-35(5-2)48(44,45)18-11-12-20(38)19(13-18)24(39)36(25(40)21(30)16-9-7-6-8-10-16)23-26(41)37-22(28(42)43)17(14-46-27(23)37)15-47-29-31-32-33-34(29)3/h6-13,21,23,27,38H,4-5,14-15,30H2,1-3H3,(H,42,43)/t21-,23?,27-/m1/s1. The third kappa shape index (κ3) is 6.30. The number of hydrogen-bond acceptors (Lipinski definition) is 13. The van der Waals surface area contributed by atoms with Crippen molar-refractivity contribution in [3.63, 3.8) is 0 Å². The molecule has 3 atom stereocenters. The van der Waals surface area contributed by atoms with E-state index in [1.54, 1.807) is 51.2 Å². The summed E-state index contributed by atoms with van der Waals surface area (Å²) in [5, 5.41) is 31.6. The molecule has 0 radical (unpaired) electrons. The molecule has 0 spiro atoms. The molecule has 3 heterocycles. The Kier molecular flexibility index (Phi) is 10.2. The Balaban J connectivity index is 1.54. The molecular weight excluding hydrogens is 685 g/mol. The minimum absolute atomic E-state index is 0.134. The molecule has 2 aliphatic rings. The van der Waals surface area contributed by atoms with Crippen molar-refractivity contribution in [3.05, 3.63) is 70.9 Å². The molecule has 0 aliphatic carbocycles. The van der Waals surface area contributed by atoms with E-state index < -0.39 is 62.5 Å². The minimum atomic E-state index is -4.09. The van der Waals surface area contributed by atoms with Crippen LogP contribution in [0.25, 0.3) is 0 Å². The number of aromatic hydroxyl groups is 1. The Labute approximate surface area is 284 Å². The number of benzene rings is 2. The molecule has 1 fully saturated rings.